The van der Waals surface area contributed by atoms with Crippen molar-refractivity contribution in [3.8, 4) is 6.01 Å². The first-order chi connectivity index (χ1) is 16.4. The molecule has 0 bridgehead atoms. The minimum atomic E-state index is -1.45. The van der Waals surface area contributed by atoms with E-state index in [2.05, 4.69) is 14.8 Å². The van der Waals surface area contributed by atoms with Crippen LogP contribution < -0.4 is 4.74 Å². The van der Waals surface area contributed by atoms with Crippen LogP contribution in [-0.2, 0) is 24.7 Å². The third kappa shape index (κ3) is 5.65. The van der Waals surface area contributed by atoms with Gasteiger partial charge in [-0.25, -0.2) is 14.8 Å². The van der Waals surface area contributed by atoms with Crippen molar-refractivity contribution in [1.82, 2.24) is 9.97 Å². The quantitative estimate of drug-likeness (QED) is 0.181. The van der Waals surface area contributed by atoms with Crippen molar-refractivity contribution in [2.24, 2.45) is 0 Å². The predicted molar refractivity (Wildman–Crippen MR) is 121 cm³/mol. The Morgan fingerprint density at radius 2 is 1.50 bits per heavy atom. The Kier molecular flexibility index (Phi) is 8.10. The van der Waals surface area contributed by atoms with E-state index in [1.807, 2.05) is 36.4 Å². The maximum Gasteiger partial charge on any atom is 0.351 e. The van der Waals surface area contributed by atoms with Gasteiger partial charge in [0.25, 0.3) is 5.09 Å². The molecule has 0 N–H and O–H groups in total. The molecule has 34 heavy (non-hydrogen) atoms. The molecule has 10 heteroatoms. The summed E-state index contributed by atoms with van der Waals surface area (Å²) in [6.45, 7) is 2.77. The number of esters is 1. The van der Waals surface area contributed by atoms with Crippen molar-refractivity contribution in [3.05, 3.63) is 99.4 Å². The van der Waals surface area contributed by atoms with E-state index < -0.39 is 29.4 Å². The number of benzene rings is 2. The van der Waals surface area contributed by atoms with E-state index in [-0.39, 0.29) is 12.6 Å². The first-order valence-corrected chi connectivity index (χ1v) is 10.5. The van der Waals surface area contributed by atoms with Crippen molar-refractivity contribution >= 4 is 5.97 Å². The average Bonchev–Trinajstić information content (AvgIpc) is 2.82. The van der Waals surface area contributed by atoms with Gasteiger partial charge in [-0.15, -0.1) is 10.1 Å². The smallest absolute Gasteiger partial charge is 0.351 e. The molecule has 3 aromatic rings. The number of aryl methyl sites for hydroxylation is 2. The van der Waals surface area contributed by atoms with Crippen LogP contribution in [0.5, 0.6) is 6.01 Å². The highest BCUT2D eigenvalue weighted by molar-refractivity contribution is 5.78. The molecule has 0 saturated carbocycles. The lowest BCUT2D eigenvalue weighted by Gasteiger charge is -2.38. The lowest BCUT2D eigenvalue weighted by Crippen LogP contribution is -2.51. The van der Waals surface area contributed by atoms with Crippen LogP contribution in [0.3, 0.4) is 0 Å². The normalized spacial score (nSPS) is 12.0. The molecule has 178 valence electrons. The molecule has 10 nitrogen and oxygen atoms in total. The monoisotopic (exact) mass is 467 g/mol. The molecular formula is C24H25N3O7. The summed E-state index contributed by atoms with van der Waals surface area (Å²) in [6.07, 6.45) is -1.40. The predicted octanol–water partition coefficient (Wildman–Crippen LogP) is 3.18. The van der Waals surface area contributed by atoms with Crippen molar-refractivity contribution in [3.63, 3.8) is 0 Å². The van der Waals surface area contributed by atoms with Gasteiger partial charge in [-0.3, -0.25) is 0 Å². The van der Waals surface area contributed by atoms with Gasteiger partial charge in [0, 0.05) is 18.5 Å². The summed E-state index contributed by atoms with van der Waals surface area (Å²) in [6, 6.07) is 19.9. The van der Waals surface area contributed by atoms with Crippen LogP contribution in [0.4, 0.5) is 0 Å². The molecule has 0 spiro atoms. The Hall–Kier alpha value is -4.05. The van der Waals surface area contributed by atoms with Gasteiger partial charge in [0.15, 0.2) is 5.60 Å². The molecule has 1 aromatic heterocycles. The van der Waals surface area contributed by atoms with Crippen molar-refractivity contribution < 1.29 is 28.9 Å². The molecule has 0 saturated heterocycles. The fraction of sp³-hybridized carbons (Fsp3) is 0.292. The van der Waals surface area contributed by atoms with Crippen LogP contribution in [0.15, 0.2) is 66.7 Å². The van der Waals surface area contributed by atoms with Gasteiger partial charge in [0.1, 0.15) is 13.2 Å². The molecule has 0 aliphatic heterocycles. The fourth-order valence-electron chi connectivity index (χ4n) is 3.66. The average molecular weight is 467 g/mol. The first-order valence-electron chi connectivity index (χ1n) is 10.5. The van der Waals surface area contributed by atoms with Gasteiger partial charge in [-0.05, 0) is 31.0 Å². The Morgan fingerprint density at radius 1 is 0.971 bits per heavy atom. The maximum atomic E-state index is 13.4. The number of carbonyl (C=O) groups excluding carboxylic acids is 1. The second-order valence-corrected chi connectivity index (χ2v) is 7.33. The number of aromatic nitrogens is 2. The van der Waals surface area contributed by atoms with E-state index in [0.29, 0.717) is 22.5 Å². The summed E-state index contributed by atoms with van der Waals surface area (Å²) >= 11 is 0. The van der Waals surface area contributed by atoms with Gasteiger partial charge in [0.2, 0.25) is 6.10 Å². The SMILES string of the molecule is COC(c1ccccc1)(c1ccccc1)[C@H](Oc1nc(C)cc(C)n1)C(=O)OCCO[N+](=O)[O-]. The zero-order valence-corrected chi connectivity index (χ0v) is 19.0. The summed E-state index contributed by atoms with van der Waals surface area (Å²) in [4.78, 5) is 36.7. The standard InChI is InChI=1S/C24H25N3O7/c1-17-16-18(2)26-23(25-17)34-21(22(28)32-14-15-33-27(29)30)24(31-3,19-10-6-4-7-11-19)20-12-8-5-9-13-20/h4-13,16,21H,14-15H2,1-3H3/t21-/m1/s1. The number of carbonyl (C=O) groups is 1. The van der Waals surface area contributed by atoms with Crippen LogP contribution in [0, 0.1) is 24.0 Å². The third-order valence-electron chi connectivity index (χ3n) is 5.02. The van der Waals surface area contributed by atoms with Gasteiger partial charge >= 0.3 is 12.0 Å². The zero-order chi connectivity index (χ0) is 24.6. The zero-order valence-electron chi connectivity index (χ0n) is 19.0. The number of rotatable bonds is 11. The maximum absolute atomic E-state index is 13.4. The van der Waals surface area contributed by atoms with E-state index in [0.717, 1.165) is 0 Å². The Labute approximate surface area is 196 Å². The van der Waals surface area contributed by atoms with Crippen molar-refractivity contribution in [2.45, 2.75) is 25.6 Å². The van der Waals surface area contributed by atoms with E-state index in [9.17, 15) is 14.9 Å². The molecule has 2 aromatic carbocycles. The third-order valence-corrected chi connectivity index (χ3v) is 5.02. The van der Waals surface area contributed by atoms with Crippen LogP contribution >= 0.6 is 0 Å². The number of hydrogen-bond acceptors (Lipinski definition) is 9. The summed E-state index contributed by atoms with van der Waals surface area (Å²) in [5, 5.41) is 9.48. The highest BCUT2D eigenvalue weighted by Gasteiger charge is 2.50. The molecule has 3 rings (SSSR count). The van der Waals surface area contributed by atoms with Gasteiger partial charge in [0.05, 0.1) is 0 Å². The molecule has 0 amide bonds. The fourth-order valence-corrected chi connectivity index (χ4v) is 3.66. The number of methoxy groups -OCH3 is 1. The summed E-state index contributed by atoms with van der Waals surface area (Å²) in [5.41, 5.74) is 1.09. The van der Waals surface area contributed by atoms with Gasteiger partial charge < -0.3 is 19.0 Å². The summed E-state index contributed by atoms with van der Waals surface area (Å²) in [7, 11) is 1.46. The van der Waals surface area contributed by atoms with Gasteiger partial charge in [-0.1, -0.05) is 60.7 Å². The number of ether oxygens (including phenoxy) is 3. The van der Waals surface area contributed by atoms with E-state index >= 15 is 0 Å². The number of nitrogens with zero attached hydrogens (tertiary/aromatic N) is 3. The molecule has 0 radical (unpaired) electrons. The molecule has 1 heterocycles. The van der Waals surface area contributed by atoms with Crippen LogP contribution in [0.1, 0.15) is 22.5 Å². The largest absolute Gasteiger partial charge is 0.461 e. The lowest BCUT2D eigenvalue weighted by atomic mass is 9.81. The minimum absolute atomic E-state index is 0.0331. The minimum Gasteiger partial charge on any atom is -0.461 e. The Balaban J connectivity index is 2.11. The topological polar surface area (TPSA) is 123 Å². The van der Waals surface area contributed by atoms with Crippen LogP contribution in [-0.4, -0.2) is 47.5 Å². The lowest BCUT2D eigenvalue weighted by molar-refractivity contribution is -0.757. The summed E-state index contributed by atoms with van der Waals surface area (Å²) < 4.78 is 17.4. The number of hydrogen-bond donors (Lipinski definition) is 0. The van der Waals surface area contributed by atoms with E-state index in [1.54, 1.807) is 44.2 Å². The highest BCUT2D eigenvalue weighted by Crippen LogP contribution is 2.39. The van der Waals surface area contributed by atoms with Gasteiger partial charge in [-0.2, -0.15) is 0 Å². The van der Waals surface area contributed by atoms with Crippen LogP contribution in [0.25, 0.3) is 0 Å². The Bertz CT molecular complexity index is 1050. The highest BCUT2D eigenvalue weighted by atomic mass is 17.0. The summed E-state index contributed by atoms with van der Waals surface area (Å²) in [5.74, 6) is -0.829. The first kappa shape index (κ1) is 24.6. The van der Waals surface area contributed by atoms with Crippen LogP contribution in [0.2, 0.25) is 0 Å². The molecule has 0 fully saturated rings. The second kappa shape index (κ2) is 11.2. The molecule has 0 unspecified atom stereocenters. The second-order valence-electron chi connectivity index (χ2n) is 7.33. The van der Waals surface area contributed by atoms with E-state index in [1.165, 1.54) is 7.11 Å². The molecule has 0 aliphatic carbocycles. The van der Waals surface area contributed by atoms with Crippen molar-refractivity contribution in [1.29, 1.82) is 0 Å². The molecular weight excluding hydrogens is 442 g/mol. The Morgan fingerprint density at radius 3 is 1.97 bits per heavy atom. The van der Waals surface area contributed by atoms with E-state index in [4.69, 9.17) is 14.2 Å². The molecule has 0 aliphatic rings. The van der Waals surface area contributed by atoms with Crippen molar-refractivity contribution in [2.75, 3.05) is 20.3 Å². The molecule has 1 atom stereocenters.